The molecule has 4 aliphatic carbocycles. The van der Waals surface area contributed by atoms with E-state index in [1.807, 2.05) is 0 Å². The van der Waals surface area contributed by atoms with Gasteiger partial charge in [-0.1, -0.05) is 114 Å². The van der Waals surface area contributed by atoms with E-state index in [2.05, 4.69) is 37.2 Å². The highest BCUT2D eigenvalue weighted by molar-refractivity contribution is 5.93. The van der Waals surface area contributed by atoms with Crippen LogP contribution in [0.4, 0.5) is 28.0 Å². The normalized spacial score (nSPS) is 25.1. The summed E-state index contributed by atoms with van der Waals surface area (Å²) in [5.41, 5.74) is 2.33. The predicted octanol–water partition coefficient (Wildman–Crippen LogP) is 7.41. The number of halogens is 2. The molecule has 2 aromatic carbocycles. The molecular weight excluding hydrogens is 1340 g/mol. The van der Waals surface area contributed by atoms with Gasteiger partial charge >= 0.3 is 30.3 Å². The molecule has 9 amide bonds. The summed E-state index contributed by atoms with van der Waals surface area (Å²) in [6.07, 6.45) is 14.9. The first-order valence-electron chi connectivity index (χ1n) is 37.9. The summed E-state index contributed by atoms with van der Waals surface area (Å²) >= 11 is 0. The van der Waals surface area contributed by atoms with Crippen LogP contribution in [-0.4, -0.2) is 189 Å². The molecule has 29 heteroatoms. The van der Waals surface area contributed by atoms with Crippen LogP contribution in [0.3, 0.4) is 0 Å². The number of aliphatic carboxylic acids is 1. The minimum absolute atomic E-state index is 0.0316. The van der Waals surface area contributed by atoms with Crippen LogP contribution in [0.2, 0.25) is 0 Å². The molecular formula is C74H106F2N10O17. The molecule has 0 aromatic heterocycles. The third-order valence-electron chi connectivity index (χ3n) is 22.0. The Balaban J connectivity index is 0.000000221. The minimum atomic E-state index is -1.48. The maximum atomic E-state index is 14.4. The second-order valence-electron chi connectivity index (χ2n) is 29.7. The monoisotopic (exact) mass is 1440 g/mol. The molecule has 0 spiro atoms. The van der Waals surface area contributed by atoms with Crippen LogP contribution < -0.4 is 37.2 Å². The van der Waals surface area contributed by atoms with Gasteiger partial charge in [-0.2, -0.15) is 0 Å². The van der Waals surface area contributed by atoms with E-state index in [1.54, 1.807) is 24.3 Å². The second-order valence-corrected chi connectivity index (χ2v) is 29.7. The number of carboxylic acids is 1. The molecule has 11 rings (SSSR count). The summed E-state index contributed by atoms with van der Waals surface area (Å²) in [5, 5.41) is 51.3. The van der Waals surface area contributed by atoms with Crippen molar-refractivity contribution in [2.75, 3.05) is 26.2 Å². The van der Waals surface area contributed by atoms with Crippen LogP contribution in [0.25, 0.3) is 0 Å². The summed E-state index contributed by atoms with van der Waals surface area (Å²) < 4.78 is 51.0. The van der Waals surface area contributed by atoms with Crippen LogP contribution in [0.5, 0.6) is 0 Å². The van der Waals surface area contributed by atoms with E-state index in [-0.39, 0.29) is 82.0 Å². The van der Waals surface area contributed by atoms with Crippen molar-refractivity contribution in [1.82, 2.24) is 51.9 Å². The van der Waals surface area contributed by atoms with Crippen molar-refractivity contribution in [1.29, 1.82) is 0 Å². The largest absolute Gasteiger partial charge is 0.480 e. The SMILES string of the molecule is O=C(N[C@@H](CCCCCCCNC(=O)C(O)C(CC1CCC1)NC(=O)[C@@H]1C[C@@H](OC(=O)N2Cc3cccc(F)c3C2)CN1)C(=O)O)OC1CCCC1.O=C(N[C@H]1CCCCCCCNC(=O)C(O)C(CC2CCC2)NC(=O)[C@@H]2C[C@@H](OC(=O)N3Cc4cccc(F)c4C3)CN2C1=O)OC1CCCC1. The number of alkyl carbamates (subject to hydrolysis) is 2. The molecule has 10 atom stereocenters. The quantitative estimate of drug-likeness (QED) is 0.0382. The lowest BCUT2D eigenvalue weighted by molar-refractivity contribution is -0.141. The van der Waals surface area contributed by atoms with Gasteiger partial charge in [0.15, 0.2) is 12.2 Å². The molecule has 568 valence electrons. The molecule has 9 aliphatic rings. The Morgan fingerprint density at radius 1 is 0.612 bits per heavy atom. The number of carboxylic acid groups (broad SMARTS) is 1. The van der Waals surface area contributed by atoms with Gasteiger partial charge in [0.2, 0.25) is 17.7 Å². The molecule has 4 unspecified atom stereocenters. The summed E-state index contributed by atoms with van der Waals surface area (Å²) in [7, 11) is 0. The van der Waals surface area contributed by atoms with Gasteiger partial charge in [0, 0.05) is 56.7 Å². The van der Waals surface area contributed by atoms with Gasteiger partial charge < -0.3 is 76.4 Å². The Morgan fingerprint density at radius 3 is 1.81 bits per heavy atom. The molecule has 10 N–H and O–H groups in total. The van der Waals surface area contributed by atoms with Gasteiger partial charge in [0.1, 0.15) is 54.2 Å². The van der Waals surface area contributed by atoms with Crippen molar-refractivity contribution in [3.8, 4) is 0 Å². The maximum absolute atomic E-state index is 14.4. The molecule has 3 saturated heterocycles. The molecule has 5 heterocycles. The first-order chi connectivity index (χ1) is 49.7. The van der Waals surface area contributed by atoms with E-state index in [9.17, 15) is 72.0 Å². The Morgan fingerprint density at radius 2 is 1.19 bits per heavy atom. The molecule has 5 aliphatic heterocycles. The van der Waals surface area contributed by atoms with Crippen molar-refractivity contribution in [3.05, 3.63) is 70.3 Å². The summed E-state index contributed by atoms with van der Waals surface area (Å²) in [6.45, 7) is 1.49. The molecule has 27 nitrogen and oxygen atoms in total. The molecule has 103 heavy (non-hydrogen) atoms. The highest BCUT2D eigenvalue weighted by atomic mass is 19.1. The van der Waals surface area contributed by atoms with Crippen molar-refractivity contribution in [2.45, 2.75) is 292 Å². The van der Waals surface area contributed by atoms with Crippen molar-refractivity contribution in [3.63, 3.8) is 0 Å². The minimum Gasteiger partial charge on any atom is -0.480 e. The fourth-order valence-electron chi connectivity index (χ4n) is 15.5. The zero-order valence-corrected chi connectivity index (χ0v) is 59.1. The predicted molar refractivity (Wildman–Crippen MR) is 369 cm³/mol. The van der Waals surface area contributed by atoms with Gasteiger partial charge in [-0.25, -0.2) is 32.8 Å². The topological polar surface area (TPSA) is 362 Å². The Kier molecular flexibility index (Phi) is 28.8. The number of hydrogen-bond donors (Lipinski definition) is 10. The summed E-state index contributed by atoms with van der Waals surface area (Å²) in [6, 6.07) is 4.03. The average Bonchev–Trinajstić information content (AvgIpc) is 1.69. The number of carbonyl (C=O) groups excluding carboxylic acids is 9. The first-order valence-corrected chi connectivity index (χ1v) is 37.9. The lowest BCUT2D eigenvalue weighted by Gasteiger charge is -2.34. The lowest BCUT2D eigenvalue weighted by Crippen LogP contribution is -2.57. The summed E-state index contributed by atoms with van der Waals surface area (Å²) in [4.78, 5) is 135. The molecule has 0 radical (unpaired) electrons. The Hall–Kier alpha value is -7.92. The van der Waals surface area contributed by atoms with Crippen molar-refractivity contribution < 1.29 is 91.0 Å². The van der Waals surface area contributed by atoms with E-state index in [0.717, 1.165) is 140 Å². The first kappa shape index (κ1) is 77.7. The number of rotatable bonds is 23. The number of nitrogens with zero attached hydrogens (tertiary/aromatic N) is 3. The number of carbonyl (C=O) groups is 10. The van der Waals surface area contributed by atoms with Gasteiger partial charge in [-0.05, 0) is 125 Å². The van der Waals surface area contributed by atoms with Gasteiger partial charge in [-0.15, -0.1) is 0 Å². The average molecular weight is 1450 g/mol. The smallest absolute Gasteiger partial charge is 0.410 e. The summed E-state index contributed by atoms with van der Waals surface area (Å²) in [5.74, 6) is -3.86. The number of hydrogen-bond acceptors (Lipinski definition) is 17. The van der Waals surface area contributed by atoms with Gasteiger partial charge in [0.25, 0.3) is 11.8 Å². The second kappa shape index (κ2) is 38.2. The van der Waals surface area contributed by atoms with Crippen molar-refractivity contribution in [2.24, 2.45) is 11.8 Å². The van der Waals surface area contributed by atoms with Crippen molar-refractivity contribution >= 4 is 59.9 Å². The van der Waals surface area contributed by atoms with E-state index in [1.165, 1.54) is 26.8 Å². The number of aliphatic hydroxyl groups is 2. The number of benzene rings is 2. The van der Waals surface area contributed by atoms with E-state index >= 15 is 0 Å². The van der Waals surface area contributed by atoms with Crippen LogP contribution in [0.1, 0.15) is 215 Å². The molecule has 0 bridgehead atoms. The van der Waals surface area contributed by atoms with Crippen LogP contribution in [-0.2, 0) is 73.9 Å². The third-order valence-corrected chi connectivity index (χ3v) is 22.0. The number of amides is 9. The number of fused-ring (bicyclic) bond motifs is 3. The zero-order chi connectivity index (χ0) is 72.9. The van der Waals surface area contributed by atoms with Crippen LogP contribution >= 0.6 is 0 Å². The zero-order valence-electron chi connectivity index (χ0n) is 59.1. The fraction of sp³-hybridized carbons (Fsp3) is 0.703. The number of aliphatic hydroxyl groups excluding tert-OH is 2. The fourth-order valence-corrected chi connectivity index (χ4v) is 15.5. The Bertz CT molecular complexity index is 3260. The van der Waals surface area contributed by atoms with E-state index < -0.39 is 120 Å². The molecule has 2 aromatic rings. The van der Waals surface area contributed by atoms with Gasteiger partial charge in [0.05, 0.1) is 37.8 Å². The van der Waals surface area contributed by atoms with Gasteiger partial charge in [-0.3, -0.25) is 33.8 Å². The van der Waals surface area contributed by atoms with E-state index in [0.29, 0.717) is 80.6 Å². The highest BCUT2D eigenvalue weighted by Crippen LogP contribution is 2.35. The van der Waals surface area contributed by atoms with E-state index in [4.69, 9.17) is 18.9 Å². The number of nitrogens with one attached hydrogen (secondary N) is 7. The number of ether oxygens (including phenoxy) is 4. The maximum Gasteiger partial charge on any atom is 0.410 e. The third kappa shape index (κ3) is 22.3. The van der Waals surface area contributed by atoms with Crippen LogP contribution in [0.15, 0.2) is 36.4 Å². The lowest BCUT2D eigenvalue weighted by atomic mass is 9.79. The standard InChI is InChI=1S/C37H54FN5O9.C37H52FN5O8/c38-28-15-9-12-24-21-43(22-27(24)28)37(50)52-26-19-31(40-20-26)33(45)41-30(18-23-10-8-11-23)32(44)34(46)39-17-7-3-1-2-4-16-29(35(47)48)42-36(49)51-25-13-5-6-14-25;38-28-15-9-12-24-20-42(22-27(24)28)37(49)51-26-19-31-33(45)40-30(18-23-10-8-11-23)32(44)34(46)39-17-7-3-1-2-4-16-29(35(47)43(31)21-26)41-36(48)50-25-13-5-6-14-25/h9,12,15,23,25-26,29-32,40,44H,1-8,10-11,13-14,16-22H2,(H,39,46)(H,41,45)(H,42,49)(H,47,48);9,12,15,23,25-26,29-32,44H,1-8,10-11,13-14,16-22H2,(H,39,46)(H,40,45)(H,41,48)/t2*26-,29+,30?,31+,32?/m11/s1. The Labute approximate surface area is 600 Å². The number of unbranched alkanes of at least 4 members (excludes halogenated alkanes) is 4. The van der Waals surface area contributed by atoms with Crippen LogP contribution in [0, 0.1) is 23.5 Å². The molecule has 4 saturated carbocycles. The molecule has 7 fully saturated rings. The highest BCUT2D eigenvalue weighted by Gasteiger charge is 2.47.